The van der Waals surface area contributed by atoms with Gasteiger partial charge in [-0.2, -0.15) is 5.10 Å². The molecule has 0 saturated heterocycles. The first-order valence-electron chi connectivity index (χ1n) is 9.96. The molecule has 1 aliphatic rings. The number of hydrogen-bond donors (Lipinski definition) is 2. The third-order valence-electron chi connectivity index (χ3n) is 5.09. The molecule has 0 bridgehead atoms. The highest BCUT2D eigenvalue weighted by Gasteiger charge is 2.22. The molecule has 0 fully saturated rings. The van der Waals surface area contributed by atoms with Crippen LogP contribution in [0.1, 0.15) is 37.5 Å². The number of carbonyl (C=O) groups is 2. The monoisotopic (exact) mass is 439 g/mol. The van der Waals surface area contributed by atoms with Crippen molar-refractivity contribution in [3.8, 4) is 5.75 Å². The maximum absolute atomic E-state index is 12.3. The number of nitrogens with zero attached hydrogens (tertiary/aromatic N) is 3. The SMILES string of the molecule is Cc1c(Cc2ccc(C(=O)NCCn3cccn3)nc2)cc2c(c1Cl)OCCNC2=O. The molecule has 1 aliphatic heterocycles. The van der Waals surface area contributed by atoms with Gasteiger partial charge in [0.25, 0.3) is 11.8 Å². The third kappa shape index (κ3) is 4.69. The number of nitrogens with one attached hydrogen (secondary N) is 2. The minimum atomic E-state index is -0.239. The zero-order valence-electron chi connectivity index (χ0n) is 17.0. The first kappa shape index (κ1) is 20.9. The number of hydrogen-bond acceptors (Lipinski definition) is 5. The quantitative estimate of drug-likeness (QED) is 0.614. The van der Waals surface area contributed by atoms with Crippen LogP contribution < -0.4 is 15.4 Å². The molecule has 0 spiro atoms. The maximum atomic E-state index is 12.3. The molecule has 4 rings (SSSR count). The molecule has 0 radical (unpaired) electrons. The molecule has 9 heteroatoms. The maximum Gasteiger partial charge on any atom is 0.269 e. The van der Waals surface area contributed by atoms with Crippen molar-refractivity contribution >= 4 is 23.4 Å². The van der Waals surface area contributed by atoms with E-state index < -0.39 is 0 Å². The largest absolute Gasteiger partial charge is 0.489 e. The molecule has 2 N–H and O–H groups in total. The van der Waals surface area contributed by atoms with E-state index in [2.05, 4.69) is 20.7 Å². The summed E-state index contributed by atoms with van der Waals surface area (Å²) in [5, 5.41) is 10.2. The first-order valence-corrected chi connectivity index (χ1v) is 10.3. The summed E-state index contributed by atoms with van der Waals surface area (Å²) in [6.45, 7) is 3.77. The smallest absolute Gasteiger partial charge is 0.269 e. The van der Waals surface area contributed by atoms with Gasteiger partial charge in [0, 0.05) is 25.1 Å². The number of benzene rings is 1. The van der Waals surface area contributed by atoms with Gasteiger partial charge in [0.1, 0.15) is 12.3 Å². The number of carbonyl (C=O) groups excluding carboxylic acids is 2. The van der Waals surface area contributed by atoms with Crippen LogP contribution in [0.5, 0.6) is 5.75 Å². The Morgan fingerprint density at radius 1 is 1.39 bits per heavy atom. The molecular formula is C22H22ClN5O3. The summed E-state index contributed by atoms with van der Waals surface area (Å²) in [6.07, 6.45) is 5.73. The Hall–Kier alpha value is -3.39. The molecule has 8 nitrogen and oxygen atoms in total. The molecule has 3 heterocycles. The van der Waals surface area contributed by atoms with E-state index in [0.717, 1.165) is 16.7 Å². The first-order chi connectivity index (χ1) is 15.0. The van der Waals surface area contributed by atoms with Crippen LogP contribution in [0.2, 0.25) is 5.02 Å². The zero-order chi connectivity index (χ0) is 21.8. The minimum absolute atomic E-state index is 0.198. The third-order valence-corrected chi connectivity index (χ3v) is 5.54. The Morgan fingerprint density at radius 2 is 2.26 bits per heavy atom. The van der Waals surface area contributed by atoms with Crippen molar-refractivity contribution in [2.45, 2.75) is 19.9 Å². The van der Waals surface area contributed by atoms with Gasteiger partial charge in [0.05, 0.1) is 23.7 Å². The van der Waals surface area contributed by atoms with E-state index in [1.807, 2.05) is 31.3 Å². The van der Waals surface area contributed by atoms with Crippen molar-refractivity contribution in [2.75, 3.05) is 19.7 Å². The van der Waals surface area contributed by atoms with Gasteiger partial charge in [0.2, 0.25) is 0 Å². The average molecular weight is 440 g/mol. The molecule has 0 saturated carbocycles. The number of aromatic nitrogens is 3. The van der Waals surface area contributed by atoms with E-state index in [9.17, 15) is 9.59 Å². The van der Waals surface area contributed by atoms with Crippen LogP contribution in [0.25, 0.3) is 0 Å². The summed E-state index contributed by atoms with van der Waals surface area (Å²) in [4.78, 5) is 28.9. The molecule has 31 heavy (non-hydrogen) atoms. The van der Waals surface area contributed by atoms with Crippen LogP contribution in [0.15, 0.2) is 42.9 Å². The number of halogens is 1. The van der Waals surface area contributed by atoms with Gasteiger partial charge in [0.15, 0.2) is 5.75 Å². The van der Waals surface area contributed by atoms with Crippen LogP contribution in [0, 0.1) is 6.92 Å². The lowest BCUT2D eigenvalue weighted by atomic mass is 9.97. The molecule has 0 unspecified atom stereocenters. The second-order valence-corrected chi connectivity index (χ2v) is 7.59. The lowest BCUT2D eigenvalue weighted by Crippen LogP contribution is -2.28. The predicted octanol–water partition coefficient (Wildman–Crippen LogP) is 2.38. The van der Waals surface area contributed by atoms with E-state index in [1.54, 1.807) is 23.1 Å². The molecule has 2 amide bonds. The van der Waals surface area contributed by atoms with E-state index in [0.29, 0.717) is 54.7 Å². The number of pyridine rings is 1. The number of amides is 2. The average Bonchev–Trinajstić information content (AvgIpc) is 3.22. The van der Waals surface area contributed by atoms with Crippen LogP contribution in [0.4, 0.5) is 0 Å². The predicted molar refractivity (Wildman–Crippen MR) is 116 cm³/mol. The molecule has 0 aliphatic carbocycles. The minimum Gasteiger partial charge on any atom is -0.489 e. The van der Waals surface area contributed by atoms with Gasteiger partial charge in [-0.05, 0) is 48.2 Å². The topological polar surface area (TPSA) is 98.1 Å². The lowest BCUT2D eigenvalue weighted by molar-refractivity contribution is 0.0942. The van der Waals surface area contributed by atoms with Crippen molar-refractivity contribution in [3.05, 3.63) is 75.8 Å². The summed E-state index contributed by atoms with van der Waals surface area (Å²) >= 11 is 6.49. The van der Waals surface area contributed by atoms with Gasteiger partial charge in [-0.25, -0.2) is 0 Å². The van der Waals surface area contributed by atoms with Crippen molar-refractivity contribution in [3.63, 3.8) is 0 Å². The van der Waals surface area contributed by atoms with Crippen LogP contribution >= 0.6 is 11.6 Å². The normalized spacial score (nSPS) is 13.0. The standard InChI is InChI=1S/C22H22ClN5O3/c1-14-16(12-17-20(19(14)23)31-10-7-25-21(17)29)11-15-3-4-18(26-13-15)22(30)24-6-9-28-8-2-5-27-28/h2-5,8,12-13H,6-7,9-11H2,1H3,(H,24,30)(H,25,29). The Bertz CT molecular complexity index is 1100. The summed E-state index contributed by atoms with van der Waals surface area (Å²) in [6, 6.07) is 7.19. The van der Waals surface area contributed by atoms with Gasteiger partial charge in [-0.15, -0.1) is 0 Å². The van der Waals surface area contributed by atoms with Crippen LogP contribution in [-0.4, -0.2) is 46.3 Å². The molecule has 1 aromatic carbocycles. The van der Waals surface area contributed by atoms with Gasteiger partial charge < -0.3 is 15.4 Å². The summed E-state index contributed by atoms with van der Waals surface area (Å²) < 4.78 is 7.40. The Labute approximate surface area is 184 Å². The van der Waals surface area contributed by atoms with Crippen molar-refractivity contribution in [1.29, 1.82) is 0 Å². The van der Waals surface area contributed by atoms with Crippen molar-refractivity contribution < 1.29 is 14.3 Å². The van der Waals surface area contributed by atoms with Crippen LogP contribution in [0.3, 0.4) is 0 Å². The van der Waals surface area contributed by atoms with Gasteiger partial charge >= 0.3 is 0 Å². The summed E-state index contributed by atoms with van der Waals surface area (Å²) in [5.74, 6) is -0.00846. The fourth-order valence-electron chi connectivity index (χ4n) is 3.37. The Morgan fingerprint density at radius 3 is 3.00 bits per heavy atom. The van der Waals surface area contributed by atoms with Crippen LogP contribution in [-0.2, 0) is 13.0 Å². The highest BCUT2D eigenvalue weighted by molar-refractivity contribution is 6.33. The van der Waals surface area contributed by atoms with E-state index in [1.165, 1.54) is 0 Å². The molecule has 0 atom stereocenters. The molecule has 3 aromatic rings. The Balaban J connectivity index is 1.44. The zero-order valence-corrected chi connectivity index (χ0v) is 17.8. The Kier molecular flexibility index (Phi) is 6.18. The van der Waals surface area contributed by atoms with E-state index in [-0.39, 0.29) is 11.8 Å². The van der Waals surface area contributed by atoms with Gasteiger partial charge in [-0.3, -0.25) is 19.3 Å². The highest BCUT2D eigenvalue weighted by Crippen LogP contribution is 2.36. The molecule has 160 valence electrons. The molecular weight excluding hydrogens is 418 g/mol. The molecule has 2 aromatic heterocycles. The van der Waals surface area contributed by atoms with E-state index >= 15 is 0 Å². The summed E-state index contributed by atoms with van der Waals surface area (Å²) in [7, 11) is 0. The lowest BCUT2D eigenvalue weighted by Gasteiger charge is -2.15. The second kappa shape index (κ2) is 9.18. The number of fused-ring (bicyclic) bond motifs is 1. The van der Waals surface area contributed by atoms with Gasteiger partial charge in [-0.1, -0.05) is 17.7 Å². The second-order valence-electron chi connectivity index (χ2n) is 7.21. The fourth-order valence-corrected chi connectivity index (χ4v) is 3.65. The van der Waals surface area contributed by atoms with Crippen molar-refractivity contribution in [1.82, 2.24) is 25.4 Å². The number of ether oxygens (including phenoxy) is 1. The van der Waals surface area contributed by atoms with E-state index in [4.69, 9.17) is 16.3 Å². The van der Waals surface area contributed by atoms with Crippen molar-refractivity contribution in [2.24, 2.45) is 0 Å². The number of rotatable bonds is 6. The highest BCUT2D eigenvalue weighted by atomic mass is 35.5. The summed E-state index contributed by atoms with van der Waals surface area (Å²) in [5.41, 5.74) is 3.44. The fraction of sp³-hybridized carbons (Fsp3) is 0.273.